The normalized spacial score (nSPS) is 9.56. The van der Waals surface area contributed by atoms with Crippen LogP contribution in [-0.4, -0.2) is 19.5 Å². The molecule has 1 aromatic rings. The summed E-state index contributed by atoms with van der Waals surface area (Å²) >= 11 is 0. The molecule has 0 atom stereocenters. The van der Waals surface area contributed by atoms with Crippen LogP contribution in [0.1, 0.15) is 0 Å². The van der Waals surface area contributed by atoms with Gasteiger partial charge < -0.3 is 6.42 Å². The maximum absolute atomic E-state index is 10.5. The molecule has 0 saturated carbocycles. The van der Waals surface area contributed by atoms with Crippen molar-refractivity contribution < 1.29 is 35.6 Å². The molecule has 0 N–H and O–H groups in total. The average molecular weight is 428 g/mol. The van der Waals surface area contributed by atoms with Gasteiger partial charge in [-0.15, -0.1) is 0 Å². The third-order valence-electron chi connectivity index (χ3n) is 1.41. The van der Waals surface area contributed by atoms with Gasteiger partial charge in [0.1, 0.15) is 0 Å². The van der Waals surface area contributed by atoms with Gasteiger partial charge in [-0.1, -0.05) is 38.3 Å². The van der Waals surface area contributed by atoms with Gasteiger partial charge in [-0.2, -0.15) is 13.2 Å². The van der Waals surface area contributed by atoms with E-state index in [4.69, 9.17) is 6.42 Å². The second-order valence-corrected chi connectivity index (χ2v) is 5.16. The number of hydrogen-bond acceptors (Lipinski definition) is 0. The average Bonchev–Trinajstić information content (AvgIpc) is 2.19. The van der Waals surface area contributed by atoms with Gasteiger partial charge in [0.15, 0.2) is 0 Å². The fourth-order valence-electron chi connectivity index (χ4n) is 0.726. The van der Waals surface area contributed by atoms with E-state index >= 15 is 0 Å². The van der Waals surface area contributed by atoms with Gasteiger partial charge >= 0.3 is 28.6 Å². The summed E-state index contributed by atoms with van der Waals surface area (Å²) in [5, 5.41) is 1.48. The standard InChI is InChI=1S/C8H11P.C3F3.Au/c1-9(2)8-6-4-3-5-7-8;1-2-3(4,5)6;/h3-7H,1-2H3;;/q;-1;+1. The molecule has 0 fully saturated rings. The summed E-state index contributed by atoms with van der Waals surface area (Å²) in [6.45, 7) is 4.54. The van der Waals surface area contributed by atoms with Gasteiger partial charge in [-0.25, -0.2) is 5.92 Å². The minimum absolute atomic E-state index is 0. The van der Waals surface area contributed by atoms with E-state index in [1.807, 2.05) is 0 Å². The molecule has 0 spiro atoms. The number of halogens is 3. The van der Waals surface area contributed by atoms with Crippen LogP contribution in [0.25, 0.3) is 0 Å². The van der Waals surface area contributed by atoms with Crippen LogP contribution >= 0.6 is 7.92 Å². The zero-order chi connectivity index (χ0) is 11.9. The zero-order valence-corrected chi connectivity index (χ0v) is 11.8. The summed E-state index contributed by atoms with van der Waals surface area (Å²) in [4.78, 5) is 0. The predicted molar refractivity (Wildman–Crippen MR) is 58.0 cm³/mol. The quantitative estimate of drug-likeness (QED) is 0.279. The Bertz CT molecular complexity index is 314. The third-order valence-corrected chi connectivity index (χ3v) is 2.75. The second-order valence-electron chi connectivity index (χ2n) is 2.85. The van der Waals surface area contributed by atoms with Crippen LogP contribution in [0.15, 0.2) is 30.3 Å². The first-order chi connectivity index (χ1) is 6.87. The molecule has 1 rings (SSSR count). The van der Waals surface area contributed by atoms with E-state index < -0.39 is 6.18 Å². The maximum atomic E-state index is 10.5. The summed E-state index contributed by atoms with van der Waals surface area (Å²) in [5.74, 6) is 0.354. The predicted octanol–water partition coefficient (Wildman–Crippen LogP) is 3.19. The second kappa shape index (κ2) is 8.84. The van der Waals surface area contributed by atoms with Crippen molar-refractivity contribution in [2.45, 2.75) is 6.18 Å². The molecular formula is C11H11AuF3P. The fourth-order valence-corrected chi connectivity index (χ4v) is 1.49. The molecule has 0 unspecified atom stereocenters. The Labute approximate surface area is 111 Å². The summed E-state index contributed by atoms with van der Waals surface area (Å²) in [7, 11) is 0.104. The van der Waals surface area contributed by atoms with Gasteiger partial charge in [0.25, 0.3) is 0 Å². The van der Waals surface area contributed by atoms with Gasteiger partial charge in [0.05, 0.1) is 0 Å². The Hall–Kier alpha value is -0.260. The number of hydrogen-bond donors (Lipinski definition) is 0. The van der Waals surface area contributed by atoms with E-state index in [1.165, 1.54) is 5.30 Å². The van der Waals surface area contributed by atoms with E-state index in [0.29, 0.717) is 5.92 Å². The third kappa shape index (κ3) is 10.3. The molecule has 0 aliphatic carbocycles. The topological polar surface area (TPSA) is 0 Å². The summed E-state index contributed by atoms with van der Waals surface area (Å²) < 4.78 is 31.5. The van der Waals surface area contributed by atoms with Crippen LogP contribution in [0.5, 0.6) is 0 Å². The first-order valence-corrected chi connectivity index (χ1v) is 6.33. The van der Waals surface area contributed by atoms with E-state index in [2.05, 4.69) is 43.7 Å². The zero-order valence-electron chi connectivity index (χ0n) is 8.77. The molecule has 0 nitrogen and oxygen atoms in total. The molecule has 92 valence electrons. The summed E-state index contributed by atoms with van der Waals surface area (Å²) in [5.41, 5.74) is 0. The molecule has 0 radical (unpaired) electrons. The molecule has 5 heteroatoms. The van der Waals surface area contributed by atoms with Crippen molar-refractivity contribution in [2.24, 2.45) is 0 Å². The minimum atomic E-state index is -4.54. The summed E-state index contributed by atoms with van der Waals surface area (Å²) in [6, 6.07) is 10.6. The van der Waals surface area contributed by atoms with E-state index in [9.17, 15) is 13.2 Å². The maximum Gasteiger partial charge on any atom is 1.00 e. The van der Waals surface area contributed by atoms with E-state index in [1.54, 1.807) is 0 Å². The van der Waals surface area contributed by atoms with Crippen molar-refractivity contribution in [1.29, 1.82) is 0 Å². The molecule has 0 heterocycles. The molecule has 0 saturated heterocycles. The molecule has 0 aromatic heterocycles. The SMILES string of the molecule is CP(C)c1ccccc1.[Au+].[C-]#CC(F)(F)F. The first-order valence-electron chi connectivity index (χ1n) is 4.10. The molecule has 0 bridgehead atoms. The van der Waals surface area contributed by atoms with Crippen molar-refractivity contribution in [1.82, 2.24) is 0 Å². The monoisotopic (exact) mass is 428 g/mol. The first kappa shape index (κ1) is 18.1. The van der Waals surface area contributed by atoms with Crippen molar-refractivity contribution >= 4 is 13.2 Å². The molecule has 1 aromatic carbocycles. The van der Waals surface area contributed by atoms with Gasteiger partial charge in [-0.3, -0.25) is 0 Å². The fraction of sp³-hybridized carbons (Fsp3) is 0.273. The molecule has 0 aliphatic rings. The van der Waals surface area contributed by atoms with Crippen LogP contribution < -0.4 is 5.30 Å². The van der Waals surface area contributed by atoms with Crippen molar-refractivity contribution in [3.05, 3.63) is 36.8 Å². The van der Waals surface area contributed by atoms with Crippen LogP contribution in [0, 0.1) is 12.3 Å². The van der Waals surface area contributed by atoms with Crippen molar-refractivity contribution in [3.63, 3.8) is 0 Å². The van der Waals surface area contributed by atoms with Crippen LogP contribution in [-0.2, 0) is 22.4 Å². The Balaban J connectivity index is 0. The van der Waals surface area contributed by atoms with Gasteiger partial charge in [0, 0.05) is 0 Å². The van der Waals surface area contributed by atoms with Crippen molar-refractivity contribution in [3.8, 4) is 5.92 Å². The Kier molecular flexibility index (Phi) is 10.0. The van der Waals surface area contributed by atoms with E-state index in [-0.39, 0.29) is 30.3 Å². The minimum Gasteiger partial charge on any atom is -0.685 e. The number of benzene rings is 1. The van der Waals surface area contributed by atoms with Crippen LogP contribution in [0.3, 0.4) is 0 Å². The van der Waals surface area contributed by atoms with E-state index in [0.717, 1.165) is 0 Å². The van der Waals surface area contributed by atoms with Gasteiger partial charge in [-0.05, 0) is 18.6 Å². The smallest absolute Gasteiger partial charge is 0.685 e. The molecule has 0 amide bonds. The molecule has 0 aliphatic heterocycles. The largest absolute Gasteiger partial charge is 1.00 e. The van der Waals surface area contributed by atoms with Crippen LogP contribution in [0.2, 0.25) is 0 Å². The van der Waals surface area contributed by atoms with Gasteiger partial charge in [0.2, 0.25) is 0 Å². The summed E-state index contributed by atoms with van der Waals surface area (Å²) in [6.07, 6.45) is 0.938. The molecular weight excluding hydrogens is 417 g/mol. The Morgan fingerprint density at radius 2 is 1.50 bits per heavy atom. The Morgan fingerprint density at radius 3 is 1.69 bits per heavy atom. The van der Waals surface area contributed by atoms with Crippen molar-refractivity contribution in [2.75, 3.05) is 13.3 Å². The Morgan fingerprint density at radius 1 is 1.12 bits per heavy atom. The number of rotatable bonds is 1. The van der Waals surface area contributed by atoms with Crippen LogP contribution in [0.4, 0.5) is 13.2 Å². The molecule has 16 heavy (non-hydrogen) atoms. The number of alkyl halides is 3.